The van der Waals surface area contributed by atoms with Crippen molar-refractivity contribution in [2.75, 3.05) is 0 Å². The maximum atomic E-state index is 14.7. The summed E-state index contributed by atoms with van der Waals surface area (Å²) in [5.74, 6) is -6.72. The van der Waals surface area contributed by atoms with Gasteiger partial charge < -0.3 is 10.4 Å². The van der Waals surface area contributed by atoms with Crippen LogP contribution in [0.5, 0.6) is 0 Å². The van der Waals surface area contributed by atoms with Gasteiger partial charge in [0.25, 0.3) is 5.91 Å². The Kier molecular flexibility index (Phi) is 4.04. The smallest absolute Gasteiger partial charge is 0.351 e. The van der Waals surface area contributed by atoms with E-state index in [0.717, 1.165) is 6.07 Å². The van der Waals surface area contributed by atoms with Crippen LogP contribution in [-0.2, 0) is 11.2 Å². The van der Waals surface area contributed by atoms with Gasteiger partial charge in [0, 0.05) is 5.56 Å². The molecule has 7 heteroatoms. The third kappa shape index (κ3) is 2.75. The highest BCUT2D eigenvalue weighted by atomic mass is 19.3. The SMILES string of the molecule is O=C1NC(Cc2cccc(-c3cccc(F)c3)c2F)C(O)C1(F)F. The molecule has 1 heterocycles. The maximum Gasteiger partial charge on any atom is 0.351 e. The first-order valence-corrected chi connectivity index (χ1v) is 7.21. The van der Waals surface area contributed by atoms with E-state index in [1.54, 1.807) is 0 Å². The highest BCUT2D eigenvalue weighted by Crippen LogP contribution is 2.31. The molecule has 0 aromatic heterocycles. The number of halogens is 4. The molecule has 1 fully saturated rings. The van der Waals surface area contributed by atoms with Crippen LogP contribution in [0.1, 0.15) is 5.56 Å². The molecule has 2 atom stereocenters. The molecule has 3 nitrogen and oxygen atoms in total. The first-order chi connectivity index (χ1) is 11.3. The fourth-order valence-electron chi connectivity index (χ4n) is 2.75. The van der Waals surface area contributed by atoms with Crippen molar-refractivity contribution in [1.82, 2.24) is 5.32 Å². The third-order valence-corrected chi connectivity index (χ3v) is 4.03. The fraction of sp³-hybridized carbons (Fsp3) is 0.235. The number of amides is 1. The Labute approximate surface area is 134 Å². The molecule has 1 saturated heterocycles. The summed E-state index contributed by atoms with van der Waals surface area (Å²) in [5.41, 5.74) is 0.451. The van der Waals surface area contributed by atoms with Crippen LogP contribution in [0.3, 0.4) is 0 Å². The molecular formula is C17H13F4NO2. The highest BCUT2D eigenvalue weighted by Gasteiger charge is 2.56. The number of hydrogen-bond donors (Lipinski definition) is 2. The first kappa shape index (κ1) is 16.4. The van der Waals surface area contributed by atoms with Crippen molar-refractivity contribution in [3.8, 4) is 11.1 Å². The summed E-state index contributed by atoms with van der Waals surface area (Å²) in [4.78, 5) is 11.2. The second-order valence-electron chi connectivity index (χ2n) is 5.64. The molecule has 3 rings (SSSR count). The predicted molar refractivity (Wildman–Crippen MR) is 78.4 cm³/mol. The standard InChI is InChI=1S/C17H13F4NO2/c18-11-5-1-3-9(7-11)12-6-2-4-10(14(12)19)8-13-15(23)17(20,21)16(24)22-13/h1-7,13,15,23H,8H2,(H,22,24). The van der Waals surface area contributed by atoms with Gasteiger partial charge in [-0.25, -0.2) is 8.78 Å². The number of alkyl halides is 2. The molecule has 0 bridgehead atoms. The summed E-state index contributed by atoms with van der Waals surface area (Å²) in [7, 11) is 0. The second-order valence-corrected chi connectivity index (χ2v) is 5.64. The zero-order chi connectivity index (χ0) is 17.5. The van der Waals surface area contributed by atoms with Crippen LogP contribution in [0.2, 0.25) is 0 Å². The van der Waals surface area contributed by atoms with Crippen molar-refractivity contribution >= 4 is 5.91 Å². The minimum atomic E-state index is -3.90. The lowest BCUT2D eigenvalue weighted by Gasteiger charge is -2.17. The van der Waals surface area contributed by atoms with Crippen LogP contribution in [0.25, 0.3) is 11.1 Å². The zero-order valence-corrected chi connectivity index (χ0v) is 12.3. The van der Waals surface area contributed by atoms with Crippen molar-refractivity contribution in [2.24, 2.45) is 0 Å². The number of hydrogen-bond acceptors (Lipinski definition) is 2. The Balaban J connectivity index is 1.91. The van der Waals surface area contributed by atoms with Gasteiger partial charge in [-0.1, -0.05) is 30.3 Å². The van der Waals surface area contributed by atoms with Gasteiger partial charge in [0.15, 0.2) is 0 Å². The molecule has 0 spiro atoms. The topological polar surface area (TPSA) is 49.3 Å². The Bertz CT molecular complexity index is 794. The monoisotopic (exact) mass is 339 g/mol. The van der Waals surface area contributed by atoms with E-state index in [1.807, 2.05) is 5.32 Å². The zero-order valence-electron chi connectivity index (χ0n) is 12.3. The van der Waals surface area contributed by atoms with E-state index >= 15 is 0 Å². The van der Waals surface area contributed by atoms with Gasteiger partial charge in [0.2, 0.25) is 0 Å². The molecular weight excluding hydrogens is 326 g/mol. The van der Waals surface area contributed by atoms with Crippen molar-refractivity contribution in [1.29, 1.82) is 0 Å². The average Bonchev–Trinajstić information content (AvgIpc) is 2.72. The quantitative estimate of drug-likeness (QED) is 0.845. The van der Waals surface area contributed by atoms with Crippen LogP contribution in [0.15, 0.2) is 42.5 Å². The molecule has 0 radical (unpaired) electrons. The summed E-state index contributed by atoms with van der Waals surface area (Å²) in [5, 5.41) is 11.5. The number of carbonyl (C=O) groups is 1. The number of nitrogens with one attached hydrogen (secondary N) is 1. The lowest BCUT2D eigenvalue weighted by Crippen LogP contribution is -2.38. The molecule has 24 heavy (non-hydrogen) atoms. The summed E-state index contributed by atoms with van der Waals surface area (Å²) in [6, 6.07) is 8.33. The van der Waals surface area contributed by atoms with Crippen LogP contribution >= 0.6 is 0 Å². The van der Waals surface area contributed by atoms with Crippen molar-refractivity contribution in [2.45, 2.75) is 24.5 Å². The Hall–Kier alpha value is -2.41. The summed E-state index contributed by atoms with van der Waals surface area (Å²) in [6.45, 7) is 0. The number of rotatable bonds is 3. The van der Waals surface area contributed by atoms with Crippen molar-refractivity contribution in [3.63, 3.8) is 0 Å². The van der Waals surface area contributed by atoms with Gasteiger partial charge in [0.1, 0.15) is 17.7 Å². The number of carbonyl (C=O) groups excluding carboxylic acids is 1. The molecule has 0 saturated carbocycles. The van der Waals surface area contributed by atoms with Gasteiger partial charge in [-0.15, -0.1) is 0 Å². The third-order valence-electron chi connectivity index (χ3n) is 4.03. The molecule has 1 amide bonds. The van der Waals surface area contributed by atoms with Crippen molar-refractivity contribution < 1.29 is 27.5 Å². The molecule has 2 N–H and O–H groups in total. The van der Waals surface area contributed by atoms with Gasteiger partial charge in [0.05, 0.1) is 6.04 Å². The minimum Gasteiger partial charge on any atom is -0.384 e. The molecule has 126 valence electrons. The Morgan fingerprint density at radius 2 is 1.83 bits per heavy atom. The van der Waals surface area contributed by atoms with Crippen LogP contribution in [0.4, 0.5) is 17.6 Å². The van der Waals surface area contributed by atoms with E-state index in [4.69, 9.17) is 0 Å². The average molecular weight is 339 g/mol. The van der Waals surface area contributed by atoms with E-state index in [2.05, 4.69) is 0 Å². The fourth-order valence-corrected chi connectivity index (χ4v) is 2.75. The van der Waals surface area contributed by atoms with E-state index in [0.29, 0.717) is 5.56 Å². The number of benzene rings is 2. The van der Waals surface area contributed by atoms with Crippen LogP contribution < -0.4 is 5.32 Å². The second kappa shape index (κ2) is 5.90. The molecule has 2 unspecified atom stereocenters. The molecule has 0 aliphatic carbocycles. The summed E-state index contributed by atoms with van der Waals surface area (Å²) in [6.07, 6.45) is -2.54. The molecule has 2 aromatic rings. The van der Waals surface area contributed by atoms with Crippen LogP contribution in [-0.4, -0.2) is 29.1 Å². The van der Waals surface area contributed by atoms with Gasteiger partial charge in [-0.2, -0.15) is 8.78 Å². The maximum absolute atomic E-state index is 14.7. The summed E-state index contributed by atoms with van der Waals surface area (Å²) >= 11 is 0. The first-order valence-electron chi connectivity index (χ1n) is 7.21. The largest absolute Gasteiger partial charge is 0.384 e. The predicted octanol–water partition coefficient (Wildman–Crippen LogP) is 2.67. The van der Waals surface area contributed by atoms with Gasteiger partial charge in [-0.3, -0.25) is 4.79 Å². The summed E-state index contributed by atoms with van der Waals surface area (Å²) < 4.78 is 54.7. The molecule has 1 aliphatic rings. The Morgan fingerprint density at radius 1 is 1.12 bits per heavy atom. The number of aliphatic hydroxyl groups excluding tert-OH is 1. The lowest BCUT2D eigenvalue weighted by atomic mass is 9.96. The van der Waals surface area contributed by atoms with E-state index < -0.39 is 35.6 Å². The number of aliphatic hydroxyl groups is 1. The molecule has 1 aliphatic heterocycles. The van der Waals surface area contributed by atoms with Gasteiger partial charge in [-0.05, 0) is 29.7 Å². The normalized spacial score (nSPS) is 22.5. The lowest BCUT2D eigenvalue weighted by molar-refractivity contribution is -0.150. The van der Waals surface area contributed by atoms with E-state index in [1.165, 1.54) is 36.4 Å². The van der Waals surface area contributed by atoms with E-state index in [9.17, 15) is 27.5 Å². The minimum absolute atomic E-state index is 0.0406. The van der Waals surface area contributed by atoms with E-state index in [-0.39, 0.29) is 17.5 Å². The molecule has 2 aromatic carbocycles. The van der Waals surface area contributed by atoms with Crippen molar-refractivity contribution in [3.05, 3.63) is 59.7 Å². The van der Waals surface area contributed by atoms with Gasteiger partial charge >= 0.3 is 5.92 Å². The van der Waals surface area contributed by atoms with Crippen LogP contribution in [0, 0.1) is 11.6 Å². The highest BCUT2D eigenvalue weighted by molar-refractivity contribution is 5.87. The Morgan fingerprint density at radius 3 is 2.46 bits per heavy atom.